The Hall–Kier alpha value is -4.28. The number of carboxylic acids is 1. The maximum Gasteiger partial charge on any atom is 0.432 e. The highest BCUT2D eigenvalue weighted by molar-refractivity contribution is 5.84. The predicted molar refractivity (Wildman–Crippen MR) is 124 cm³/mol. The van der Waals surface area contributed by atoms with Gasteiger partial charge in [-0.05, 0) is 59.2 Å². The summed E-state index contributed by atoms with van der Waals surface area (Å²) in [7, 11) is 3.10. The average molecular weight is 484 g/mol. The number of hydrogen-bond acceptors (Lipinski definition) is 7. The number of aromatic nitrogens is 2. The van der Waals surface area contributed by atoms with Crippen molar-refractivity contribution in [2.75, 3.05) is 32.2 Å². The van der Waals surface area contributed by atoms with E-state index in [4.69, 9.17) is 14.0 Å². The second kappa shape index (κ2) is 10.3. The molecule has 0 atom stereocenters. The Bertz CT molecular complexity index is 1230. The van der Waals surface area contributed by atoms with E-state index in [0.29, 0.717) is 22.9 Å². The van der Waals surface area contributed by atoms with Crippen LogP contribution in [0.2, 0.25) is 0 Å². The maximum absolute atomic E-state index is 13.4. The lowest BCUT2D eigenvalue weighted by molar-refractivity contribution is -0.678. The third-order valence-electron chi connectivity index (χ3n) is 5.78. The van der Waals surface area contributed by atoms with Gasteiger partial charge in [-0.15, -0.1) is 0 Å². The van der Waals surface area contributed by atoms with Gasteiger partial charge in [-0.25, -0.2) is 4.79 Å². The van der Waals surface area contributed by atoms with E-state index in [1.807, 2.05) is 0 Å². The molecule has 0 saturated heterocycles. The van der Waals surface area contributed by atoms with E-state index < -0.39 is 11.6 Å². The minimum atomic E-state index is -1.06. The lowest BCUT2D eigenvalue weighted by Gasteiger charge is -2.27. The second-order valence-corrected chi connectivity index (χ2v) is 8.16. The number of aliphatic carboxylic acids is 1. The molecule has 11 heteroatoms. The predicted octanol–water partition coefficient (Wildman–Crippen LogP) is 1.34. The molecule has 184 valence electrons. The number of amides is 1. The van der Waals surface area contributed by atoms with Crippen LogP contribution < -0.4 is 24.7 Å². The summed E-state index contributed by atoms with van der Waals surface area (Å²) < 4.78 is 16.9. The molecule has 3 aromatic rings. The topological polar surface area (TPSA) is 129 Å². The quantitative estimate of drug-likeness (QED) is 0.391. The zero-order valence-electron chi connectivity index (χ0n) is 19.5. The summed E-state index contributed by atoms with van der Waals surface area (Å²) in [5, 5.41) is 12.0. The number of nitrogens with zero attached hydrogens (tertiary/aromatic N) is 3. The van der Waals surface area contributed by atoms with Crippen molar-refractivity contribution in [3.63, 3.8) is 0 Å². The molecule has 0 bridgehead atoms. The molecule has 0 radical (unpaired) electrons. The van der Waals surface area contributed by atoms with Gasteiger partial charge in [-0.1, -0.05) is 0 Å². The van der Waals surface area contributed by atoms with Crippen molar-refractivity contribution in [1.82, 2.24) is 10.2 Å². The molecule has 0 spiro atoms. The number of carbonyl (C=O) groups is 2. The molecule has 0 unspecified atom stereocenters. The largest absolute Gasteiger partial charge is 0.497 e. The molecule has 11 nitrogen and oxygen atoms in total. The van der Waals surface area contributed by atoms with E-state index in [-0.39, 0.29) is 37.3 Å². The Morgan fingerprint density at radius 2 is 1.63 bits per heavy atom. The van der Waals surface area contributed by atoms with E-state index in [1.165, 1.54) is 16.7 Å². The summed E-state index contributed by atoms with van der Waals surface area (Å²) in [5.41, 5.74) is 0.883. The van der Waals surface area contributed by atoms with Crippen LogP contribution in [0.4, 0.5) is 5.69 Å². The van der Waals surface area contributed by atoms with Crippen LogP contribution in [-0.4, -0.2) is 60.5 Å². The summed E-state index contributed by atoms with van der Waals surface area (Å²) in [6.07, 6.45) is 1.62. The van der Waals surface area contributed by atoms with Crippen molar-refractivity contribution >= 4 is 17.6 Å². The fourth-order valence-electron chi connectivity index (χ4n) is 3.78. The van der Waals surface area contributed by atoms with Crippen LogP contribution in [-0.2, 0) is 16.1 Å². The third-order valence-corrected chi connectivity index (χ3v) is 5.78. The maximum atomic E-state index is 13.4. The number of carbonyl (C=O) groups excluding carboxylic acids is 1. The first kappa shape index (κ1) is 23.9. The SMILES string of the molecule is COc1ccc(N(CC(=O)O)CC(=O)N(Cc2c(=O)o[nH][n+]2-c2ccc(OC)cc2)C2CC2)cc1. The van der Waals surface area contributed by atoms with Crippen LogP contribution in [0.5, 0.6) is 11.5 Å². The summed E-state index contributed by atoms with van der Waals surface area (Å²) in [6.45, 7) is -0.493. The molecular weight excluding hydrogens is 456 g/mol. The zero-order chi connectivity index (χ0) is 24.9. The molecule has 0 aliphatic heterocycles. The first-order chi connectivity index (χ1) is 16.9. The highest BCUT2D eigenvalue weighted by atomic mass is 16.5. The van der Waals surface area contributed by atoms with Crippen LogP contribution in [0.1, 0.15) is 18.5 Å². The number of benzene rings is 2. The Kier molecular flexibility index (Phi) is 7.04. The van der Waals surface area contributed by atoms with Gasteiger partial charge in [0.25, 0.3) is 0 Å². The van der Waals surface area contributed by atoms with Gasteiger partial charge in [0.15, 0.2) is 0 Å². The first-order valence-corrected chi connectivity index (χ1v) is 11.1. The van der Waals surface area contributed by atoms with Crippen LogP contribution in [0.15, 0.2) is 57.8 Å². The minimum absolute atomic E-state index is 0.0187. The Morgan fingerprint density at radius 3 is 2.17 bits per heavy atom. The molecule has 1 fully saturated rings. The van der Waals surface area contributed by atoms with Crippen LogP contribution >= 0.6 is 0 Å². The molecular formula is C24H27N4O7+. The van der Waals surface area contributed by atoms with Crippen molar-refractivity contribution in [2.45, 2.75) is 25.4 Å². The van der Waals surface area contributed by atoms with Crippen molar-refractivity contribution in [3.8, 4) is 17.2 Å². The van der Waals surface area contributed by atoms with Gasteiger partial charge in [-0.3, -0.25) is 14.1 Å². The van der Waals surface area contributed by atoms with Gasteiger partial charge in [-0.2, -0.15) is 0 Å². The summed E-state index contributed by atoms with van der Waals surface area (Å²) in [6, 6.07) is 13.8. The summed E-state index contributed by atoms with van der Waals surface area (Å²) in [5.74, 6) is -0.0625. The molecule has 1 saturated carbocycles. The van der Waals surface area contributed by atoms with E-state index >= 15 is 0 Å². The number of ether oxygens (including phenoxy) is 2. The molecule has 1 aliphatic rings. The molecule has 1 aromatic heterocycles. The highest BCUT2D eigenvalue weighted by Crippen LogP contribution is 2.28. The highest BCUT2D eigenvalue weighted by Gasteiger charge is 2.37. The van der Waals surface area contributed by atoms with E-state index in [9.17, 15) is 19.5 Å². The van der Waals surface area contributed by atoms with Gasteiger partial charge in [0, 0.05) is 23.9 Å². The Labute approximate surface area is 201 Å². The molecule has 35 heavy (non-hydrogen) atoms. The van der Waals surface area contributed by atoms with Crippen molar-refractivity contribution in [3.05, 3.63) is 64.6 Å². The Morgan fingerprint density at radius 1 is 1.03 bits per heavy atom. The van der Waals surface area contributed by atoms with E-state index in [1.54, 1.807) is 60.5 Å². The number of nitrogens with one attached hydrogen (secondary N) is 1. The van der Waals surface area contributed by atoms with Crippen LogP contribution in [0, 0.1) is 0 Å². The van der Waals surface area contributed by atoms with Crippen molar-refractivity contribution < 1.29 is 33.4 Å². The molecule has 1 amide bonds. The number of aromatic amines is 1. The standard InChI is InChI=1S/C24H26N4O7/c1-33-19-9-5-16(6-10-19)26(15-23(30)31)14-22(29)27(17-3-4-17)13-21-24(32)35-25-28(21)18-7-11-20(34-2)12-8-18/h5-12,17H,3-4,13-15H2,1-2H3,(H-,25,30,31,32)/p+1. The first-order valence-electron chi connectivity index (χ1n) is 11.1. The monoisotopic (exact) mass is 483 g/mol. The fraction of sp³-hybridized carbons (Fsp3) is 0.333. The van der Waals surface area contributed by atoms with Crippen molar-refractivity contribution in [2.24, 2.45) is 0 Å². The number of carboxylic acid groups (broad SMARTS) is 1. The van der Waals surface area contributed by atoms with E-state index in [0.717, 1.165) is 12.8 Å². The van der Waals surface area contributed by atoms with Crippen LogP contribution in [0.25, 0.3) is 5.69 Å². The summed E-state index contributed by atoms with van der Waals surface area (Å²) in [4.78, 5) is 40.5. The fourth-order valence-corrected chi connectivity index (χ4v) is 3.78. The molecule has 2 aromatic carbocycles. The minimum Gasteiger partial charge on any atom is -0.497 e. The number of H-pyrrole nitrogens is 1. The van der Waals surface area contributed by atoms with Crippen molar-refractivity contribution in [1.29, 1.82) is 0 Å². The van der Waals surface area contributed by atoms with Gasteiger partial charge in [0.2, 0.25) is 11.6 Å². The molecule has 1 heterocycles. The lowest BCUT2D eigenvalue weighted by Crippen LogP contribution is -2.47. The van der Waals surface area contributed by atoms with Gasteiger partial charge in [0.1, 0.15) is 24.6 Å². The van der Waals surface area contributed by atoms with E-state index in [2.05, 4.69) is 5.27 Å². The number of rotatable bonds is 11. The normalized spacial score (nSPS) is 12.7. The number of anilines is 1. The molecule has 4 rings (SSSR count). The zero-order valence-corrected chi connectivity index (χ0v) is 19.5. The van der Waals surface area contributed by atoms with Gasteiger partial charge in [0.05, 0.1) is 20.8 Å². The lowest BCUT2D eigenvalue weighted by atomic mass is 10.2. The Balaban J connectivity index is 1.56. The molecule has 2 N–H and O–H groups in total. The third kappa shape index (κ3) is 5.62. The second-order valence-electron chi connectivity index (χ2n) is 8.16. The van der Waals surface area contributed by atoms with Gasteiger partial charge < -0.3 is 24.4 Å². The smallest absolute Gasteiger partial charge is 0.432 e. The van der Waals surface area contributed by atoms with Crippen LogP contribution in [0.3, 0.4) is 0 Å². The number of methoxy groups -OCH3 is 2. The summed E-state index contributed by atoms with van der Waals surface area (Å²) >= 11 is 0. The molecule has 1 aliphatic carbocycles. The number of hydrogen-bond donors (Lipinski definition) is 2. The van der Waals surface area contributed by atoms with Gasteiger partial charge >= 0.3 is 17.3 Å². The average Bonchev–Trinajstić information content (AvgIpc) is 3.64.